The largest absolute Gasteiger partial charge is 0.373 e. The average Bonchev–Trinajstić information content (AvgIpc) is 2.39. The van der Waals surface area contributed by atoms with E-state index in [0.717, 1.165) is 24.6 Å². The van der Waals surface area contributed by atoms with Gasteiger partial charge in [-0.15, -0.1) is 11.6 Å². The second kappa shape index (κ2) is 5.65. The Morgan fingerprint density at radius 1 is 1.53 bits per heavy atom. The lowest BCUT2D eigenvalue weighted by molar-refractivity contribution is 0.0551. The van der Waals surface area contributed by atoms with E-state index in [0.29, 0.717) is 18.4 Å². The maximum absolute atomic E-state index is 5.83. The van der Waals surface area contributed by atoms with Crippen LogP contribution < -0.4 is 4.90 Å². The molecule has 0 bridgehead atoms. The molecule has 0 spiro atoms. The lowest BCUT2D eigenvalue weighted by atomic mass is 10.1. The summed E-state index contributed by atoms with van der Waals surface area (Å²) in [7, 11) is 0. The van der Waals surface area contributed by atoms with Crippen LogP contribution in [0.25, 0.3) is 0 Å². The molecule has 0 N–H and O–H groups in total. The second-order valence-corrected chi connectivity index (χ2v) is 4.86. The highest BCUT2D eigenvalue weighted by Gasteiger charge is 2.21. The number of hydrogen-bond acceptors (Lipinski definition) is 4. The summed E-state index contributed by atoms with van der Waals surface area (Å²) in [6.45, 7) is 6.64. The van der Waals surface area contributed by atoms with E-state index >= 15 is 0 Å². The second-order valence-electron chi connectivity index (χ2n) is 4.55. The first-order valence-corrected chi connectivity index (χ1v) is 6.48. The molecular weight excluding hydrogens is 238 g/mol. The molecule has 1 atom stereocenters. The van der Waals surface area contributed by atoms with E-state index in [9.17, 15) is 0 Å². The molecule has 1 aliphatic rings. The highest BCUT2D eigenvalue weighted by Crippen LogP contribution is 2.19. The first-order chi connectivity index (χ1) is 8.20. The van der Waals surface area contributed by atoms with Gasteiger partial charge in [0.1, 0.15) is 12.1 Å². The number of nitrogens with zero attached hydrogens (tertiary/aromatic N) is 3. The molecule has 4 nitrogen and oxygen atoms in total. The third-order valence-corrected chi connectivity index (χ3v) is 3.24. The molecule has 0 saturated carbocycles. The number of ether oxygens (including phenoxy) is 1. The molecule has 0 amide bonds. The number of halogens is 1. The molecule has 2 heterocycles. The number of alkyl halides is 1. The van der Waals surface area contributed by atoms with Gasteiger partial charge in [0.15, 0.2) is 0 Å². The van der Waals surface area contributed by atoms with E-state index in [1.165, 1.54) is 0 Å². The van der Waals surface area contributed by atoms with Gasteiger partial charge >= 0.3 is 0 Å². The van der Waals surface area contributed by atoms with Gasteiger partial charge in [-0.2, -0.15) is 0 Å². The quantitative estimate of drug-likeness (QED) is 0.775. The normalized spacial score (nSPS) is 20.9. The summed E-state index contributed by atoms with van der Waals surface area (Å²) in [5, 5.41) is 0. The lowest BCUT2D eigenvalue weighted by Crippen LogP contribution is -2.43. The van der Waals surface area contributed by atoms with Crippen LogP contribution in [0.3, 0.4) is 0 Å². The van der Waals surface area contributed by atoms with Crippen LogP contribution in [0.5, 0.6) is 0 Å². The van der Waals surface area contributed by atoms with Crippen LogP contribution in [0.1, 0.15) is 25.5 Å². The summed E-state index contributed by atoms with van der Waals surface area (Å²) in [6, 6.07) is 2.06. The van der Waals surface area contributed by atoms with Crippen molar-refractivity contribution < 1.29 is 4.74 Å². The van der Waals surface area contributed by atoms with Gasteiger partial charge in [0, 0.05) is 24.8 Å². The van der Waals surface area contributed by atoms with Gasteiger partial charge in [0.25, 0.3) is 0 Å². The maximum Gasteiger partial charge on any atom is 0.132 e. The Labute approximate surface area is 107 Å². The fourth-order valence-electron chi connectivity index (χ4n) is 1.87. The Kier molecular flexibility index (Phi) is 4.18. The minimum Gasteiger partial charge on any atom is -0.373 e. The predicted molar refractivity (Wildman–Crippen MR) is 68.8 cm³/mol. The molecule has 1 aromatic heterocycles. The molecule has 94 valence electrons. The van der Waals surface area contributed by atoms with Crippen molar-refractivity contribution in [3.8, 4) is 0 Å². The molecule has 0 radical (unpaired) electrons. The van der Waals surface area contributed by atoms with E-state index < -0.39 is 0 Å². The van der Waals surface area contributed by atoms with E-state index in [-0.39, 0.29) is 6.10 Å². The molecule has 0 aromatic carbocycles. The predicted octanol–water partition coefficient (Wildman–Crippen LogP) is 2.04. The van der Waals surface area contributed by atoms with Gasteiger partial charge in [-0.1, -0.05) is 13.8 Å². The summed E-state index contributed by atoms with van der Waals surface area (Å²) < 4.78 is 5.54. The van der Waals surface area contributed by atoms with Gasteiger partial charge in [0.2, 0.25) is 0 Å². The number of rotatable bonds is 3. The van der Waals surface area contributed by atoms with Gasteiger partial charge in [-0.3, -0.25) is 0 Å². The minimum absolute atomic E-state index is 0.0999. The summed E-state index contributed by atoms with van der Waals surface area (Å²) >= 11 is 5.83. The molecule has 5 heteroatoms. The zero-order valence-electron chi connectivity index (χ0n) is 10.3. The third kappa shape index (κ3) is 3.07. The van der Waals surface area contributed by atoms with E-state index in [1.54, 1.807) is 6.33 Å². The van der Waals surface area contributed by atoms with Crippen molar-refractivity contribution in [2.75, 3.05) is 30.5 Å². The first-order valence-electron chi connectivity index (χ1n) is 5.95. The highest BCUT2D eigenvalue weighted by atomic mass is 35.5. The smallest absolute Gasteiger partial charge is 0.132 e. The van der Waals surface area contributed by atoms with E-state index in [4.69, 9.17) is 16.3 Å². The Hall–Kier alpha value is -0.870. The van der Waals surface area contributed by atoms with Crippen molar-refractivity contribution in [2.24, 2.45) is 0 Å². The van der Waals surface area contributed by atoms with Crippen molar-refractivity contribution in [2.45, 2.75) is 25.9 Å². The van der Waals surface area contributed by atoms with Crippen LogP contribution in [0.2, 0.25) is 0 Å². The first kappa shape index (κ1) is 12.6. The molecule has 1 aliphatic heterocycles. The third-order valence-electron chi connectivity index (χ3n) is 2.90. The van der Waals surface area contributed by atoms with Gasteiger partial charge in [-0.25, -0.2) is 9.97 Å². The van der Waals surface area contributed by atoms with Crippen LogP contribution in [0.4, 0.5) is 5.82 Å². The Balaban J connectivity index is 2.13. The molecule has 2 rings (SSSR count). The molecular formula is C12H18ClN3O. The molecule has 1 unspecified atom stereocenters. The van der Waals surface area contributed by atoms with Crippen molar-refractivity contribution >= 4 is 17.4 Å². The van der Waals surface area contributed by atoms with Gasteiger partial charge in [0.05, 0.1) is 18.6 Å². The Morgan fingerprint density at radius 3 is 3.06 bits per heavy atom. The van der Waals surface area contributed by atoms with E-state index in [2.05, 4.69) is 34.8 Å². The van der Waals surface area contributed by atoms with Crippen molar-refractivity contribution in [3.63, 3.8) is 0 Å². The molecule has 17 heavy (non-hydrogen) atoms. The topological polar surface area (TPSA) is 38.2 Å². The number of anilines is 1. The van der Waals surface area contributed by atoms with Crippen LogP contribution >= 0.6 is 11.6 Å². The fourth-order valence-corrected chi connectivity index (χ4v) is 2.06. The number of morpholine rings is 1. The van der Waals surface area contributed by atoms with Crippen LogP contribution in [-0.2, 0) is 4.74 Å². The molecule has 1 fully saturated rings. The van der Waals surface area contributed by atoms with Crippen molar-refractivity contribution in [3.05, 3.63) is 18.1 Å². The number of hydrogen-bond donors (Lipinski definition) is 0. The average molecular weight is 256 g/mol. The molecule has 0 aliphatic carbocycles. The zero-order chi connectivity index (χ0) is 12.3. The lowest BCUT2D eigenvalue weighted by Gasteiger charge is -2.32. The zero-order valence-corrected chi connectivity index (χ0v) is 11.0. The monoisotopic (exact) mass is 255 g/mol. The van der Waals surface area contributed by atoms with Crippen molar-refractivity contribution in [1.29, 1.82) is 0 Å². The van der Waals surface area contributed by atoms with Crippen LogP contribution in [0, 0.1) is 0 Å². The standard InChI is InChI=1S/C12H18ClN3O/c1-9(2)11-5-12(15-8-14-11)16-3-4-17-10(6-13)7-16/h5,8-10H,3-4,6-7H2,1-2H3. The maximum atomic E-state index is 5.83. The SMILES string of the molecule is CC(C)c1cc(N2CCOC(CCl)C2)ncn1. The number of aromatic nitrogens is 2. The molecule has 1 aromatic rings. The van der Waals surface area contributed by atoms with Crippen LogP contribution in [-0.4, -0.2) is 41.6 Å². The summed E-state index contributed by atoms with van der Waals surface area (Å²) in [5.41, 5.74) is 1.07. The molecule has 1 saturated heterocycles. The highest BCUT2D eigenvalue weighted by molar-refractivity contribution is 6.18. The van der Waals surface area contributed by atoms with E-state index in [1.807, 2.05) is 0 Å². The van der Waals surface area contributed by atoms with Gasteiger partial charge in [-0.05, 0) is 5.92 Å². The summed E-state index contributed by atoms with van der Waals surface area (Å²) in [5.74, 6) is 1.92. The Morgan fingerprint density at radius 2 is 2.35 bits per heavy atom. The minimum atomic E-state index is 0.0999. The van der Waals surface area contributed by atoms with Crippen LogP contribution in [0.15, 0.2) is 12.4 Å². The fraction of sp³-hybridized carbons (Fsp3) is 0.667. The summed E-state index contributed by atoms with van der Waals surface area (Å²) in [6.07, 6.45) is 1.73. The van der Waals surface area contributed by atoms with Gasteiger partial charge < -0.3 is 9.64 Å². The Bertz CT molecular complexity index is 373. The summed E-state index contributed by atoms with van der Waals surface area (Å²) in [4.78, 5) is 10.8. The van der Waals surface area contributed by atoms with Crippen molar-refractivity contribution in [1.82, 2.24) is 9.97 Å².